The Bertz CT molecular complexity index is 788. The molecule has 1 N–H and O–H groups in total. The number of allylic oxidation sites excluding steroid dienone is 6. The first-order valence-electron chi connectivity index (χ1n) is 8.09. The van der Waals surface area contributed by atoms with E-state index in [0.717, 1.165) is 17.9 Å². The van der Waals surface area contributed by atoms with Gasteiger partial charge >= 0.3 is 0 Å². The molecule has 1 aromatic rings. The maximum atomic E-state index is 12.8. The number of carbonyl (C=O) groups excluding carboxylic acids is 1. The van der Waals surface area contributed by atoms with E-state index in [1.54, 1.807) is 25.2 Å². The van der Waals surface area contributed by atoms with E-state index in [9.17, 15) is 4.79 Å². The molecule has 130 valence electrons. The first kappa shape index (κ1) is 17.8. The van der Waals surface area contributed by atoms with E-state index in [4.69, 9.17) is 23.2 Å². The summed E-state index contributed by atoms with van der Waals surface area (Å²) in [6.07, 6.45) is 11.3. The maximum absolute atomic E-state index is 12.8. The minimum atomic E-state index is -0.816. The van der Waals surface area contributed by atoms with E-state index in [-0.39, 0.29) is 5.78 Å². The molecular formula is C20H20Cl2N2O. The summed E-state index contributed by atoms with van der Waals surface area (Å²) in [6, 6.07) is 7.48. The lowest BCUT2D eigenvalue weighted by Crippen LogP contribution is -2.33. The van der Waals surface area contributed by atoms with Gasteiger partial charge in [0.1, 0.15) is 0 Å². The number of nitrogens with one attached hydrogen (secondary N) is 1. The average Bonchev–Trinajstić information content (AvgIpc) is 2.54. The molecule has 25 heavy (non-hydrogen) atoms. The molecule has 1 aliphatic carbocycles. The zero-order valence-electron chi connectivity index (χ0n) is 14.2. The molecule has 1 aliphatic heterocycles. The van der Waals surface area contributed by atoms with E-state index in [1.807, 2.05) is 49.7 Å². The monoisotopic (exact) mass is 374 g/mol. The summed E-state index contributed by atoms with van der Waals surface area (Å²) in [6.45, 7) is 2.63. The summed E-state index contributed by atoms with van der Waals surface area (Å²) in [5.41, 5.74) is 2.68. The normalized spacial score (nSPS) is 25.4. The van der Waals surface area contributed by atoms with E-state index < -0.39 is 10.8 Å². The summed E-state index contributed by atoms with van der Waals surface area (Å²) in [5, 5.41) is 3.93. The highest BCUT2D eigenvalue weighted by molar-refractivity contribution is 6.34. The number of benzene rings is 1. The van der Waals surface area contributed by atoms with Gasteiger partial charge < -0.3 is 10.2 Å². The van der Waals surface area contributed by atoms with Crippen LogP contribution in [-0.4, -0.2) is 29.1 Å². The second kappa shape index (κ2) is 7.11. The predicted molar refractivity (Wildman–Crippen MR) is 105 cm³/mol. The quantitative estimate of drug-likeness (QED) is 0.598. The van der Waals surface area contributed by atoms with Crippen molar-refractivity contribution in [3.8, 4) is 0 Å². The van der Waals surface area contributed by atoms with Gasteiger partial charge in [0.25, 0.3) is 0 Å². The number of anilines is 1. The van der Waals surface area contributed by atoms with Crippen molar-refractivity contribution in [1.82, 2.24) is 4.90 Å². The molecule has 0 radical (unpaired) electrons. The third kappa shape index (κ3) is 4.17. The standard InChI is InChI=1S/C20H20Cl2N2O/c1-20(22)12-15(21)7-10-18(20)19(25)14-5-8-16(9-6-14)23-17-4-3-11-24(2)13-17/h3-12,18,23H,13H2,1-2H3. The van der Waals surface area contributed by atoms with Crippen LogP contribution in [0.1, 0.15) is 17.3 Å². The average molecular weight is 375 g/mol. The zero-order valence-corrected chi connectivity index (χ0v) is 15.7. The molecule has 0 amide bonds. The Morgan fingerprint density at radius 3 is 2.68 bits per heavy atom. The molecule has 0 bridgehead atoms. The van der Waals surface area contributed by atoms with Crippen molar-refractivity contribution in [2.75, 3.05) is 18.9 Å². The molecule has 0 saturated heterocycles. The van der Waals surface area contributed by atoms with Gasteiger partial charge in [0, 0.05) is 29.0 Å². The van der Waals surface area contributed by atoms with Crippen molar-refractivity contribution in [2.24, 2.45) is 5.92 Å². The van der Waals surface area contributed by atoms with Crippen LogP contribution in [0.5, 0.6) is 0 Å². The number of ketones is 1. The van der Waals surface area contributed by atoms with Crippen LogP contribution in [0, 0.1) is 5.92 Å². The van der Waals surface area contributed by atoms with Gasteiger partial charge in [0.05, 0.1) is 17.3 Å². The van der Waals surface area contributed by atoms with Gasteiger partial charge in [-0.3, -0.25) is 4.79 Å². The Morgan fingerprint density at radius 2 is 2.04 bits per heavy atom. The van der Waals surface area contributed by atoms with Gasteiger partial charge in [-0.05, 0) is 61.7 Å². The first-order chi connectivity index (χ1) is 11.8. The lowest BCUT2D eigenvalue weighted by Gasteiger charge is -2.28. The largest absolute Gasteiger partial charge is 0.375 e. The summed E-state index contributed by atoms with van der Waals surface area (Å²) in [7, 11) is 2.02. The molecule has 5 heteroatoms. The molecule has 0 fully saturated rings. The Morgan fingerprint density at radius 1 is 1.32 bits per heavy atom. The van der Waals surface area contributed by atoms with Crippen LogP contribution in [0.25, 0.3) is 0 Å². The smallest absolute Gasteiger partial charge is 0.171 e. The highest BCUT2D eigenvalue weighted by Gasteiger charge is 2.36. The van der Waals surface area contributed by atoms with E-state index in [2.05, 4.69) is 10.2 Å². The molecule has 2 aliphatic rings. The van der Waals surface area contributed by atoms with Crippen LogP contribution in [0.4, 0.5) is 5.69 Å². The van der Waals surface area contributed by atoms with Crippen molar-refractivity contribution in [3.63, 3.8) is 0 Å². The van der Waals surface area contributed by atoms with E-state index >= 15 is 0 Å². The zero-order chi connectivity index (χ0) is 18.0. The predicted octanol–water partition coefficient (Wildman–Crippen LogP) is 4.93. The fourth-order valence-corrected chi connectivity index (χ4v) is 3.62. The fourth-order valence-electron chi connectivity index (χ4n) is 2.97. The lowest BCUT2D eigenvalue weighted by molar-refractivity contribution is 0.0932. The van der Waals surface area contributed by atoms with Crippen molar-refractivity contribution < 1.29 is 4.79 Å². The summed E-state index contributed by atoms with van der Waals surface area (Å²) < 4.78 is 0. The molecular weight excluding hydrogens is 355 g/mol. The van der Waals surface area contributed by atoms with Crippen molar-refractivity contribution >= 4 is 34.7 Å². The second-order valence-corrected chi connectivity index (χ2v) is 7.78. The minimum absolute atomic E-state index is 0.0136. The van der Waals surface area contributed by atoms with Gasteiger partial charge in [-0.15, -0.1) is 11.6 Å². The minimum Gasteiger partial charge on any atom is -0.375 e. The summed E-state index contributed by atoms with van der Waals surface area (Å²) in [4.78, 5) is 14.1. The van der Waals surface area contributed by atoms with Crippen molar-refractivity contribution in [1.29, 1.82) is 0 Å². The fraction of sp³-hybridized carbons (Fsp3) is 0.250. The van der Waals surface area contributed by atoms with Crippen LogP contribution in [0.15, 0.2) is 71.6 Å². The SMILES string of the molecule is CN1C=CC=C(Nc2ccc(C(=O)C3C=CC(Cl)=CC3(C)Cl)cc2)C1. The van der Waals surface area contributed by atoms with E-state index in [1.165, 1.54) is 0 Å². The number of Topliss-reactive ketones (excluding diaryl/α,β-unsaturated/α-hetero) is 1. The molecule has 1 aromatic carbocycles. The number of hydrogen-bond acceptors (Lipinski definition) is 3. The summed E-state index contributed by atoms with van der Waals surface area (Å²) in [5.74, 6) is -0.449. The van der Waals surface area contributed by atoms with Crippen molar-refractivity contribution in [3.05, 3.63) is 77.1 Å². The third-order valence-corrected chi connectivity index (χ3v) is 4.87. The lowest BCUT2D eigenvalue weighted by atomic mass is 9.83. The van der Waals surface area contributed by atoms with Crippen LogP contribution in [0.3, 0.4) is 0 Å². The highest BCUT2D eigenvalue weighted by atomic mass is 35.5. The maximum Gasteiger partial charge on any atom is 0.171 e. The molecule has 0 spiro atoms. The number of hydrogen-bond donors (Lipinski definition) is 1. The van der Waals surface area contributed by atoms with Crippen LogP contribution >= 0.6 is 23.2 Å². The van der Waals surface area contributed by atoms with Crippen LogP contribution in [-0.2, 0) is 0 Å². The molecule has 2 unspecified atom stereocenters. The Labute approximate surface area is 158 Å². The molecule has 2 atom stereocenters. The number of carbonyl (C=O) groups is 1. The Kier molecular flexibility index (Phi) is 5.07. The van der Waals surface area contributed by atoms with Gasteiger partial charge in [-0.2, -0.15) is 0 Å². The van der Waals surface area contributed by atoms with Gasteiger partial charge in [-0.25, -0.2) is 0 Å². The van der Waals surface area contributed by atoms with Gasteiger partial charge in [0.2, 0.25) is 0 Å². The highest BCUT2D eigenvalue weighted by Crippen LogP contribution is 2.36. The van der Waals surface area contributed by atoms with Crippen LogP contribution in [0.2, 0.25) is 0 Å². The van der Waals surface area contributed by atoms with Gasteiger partial charge in [-0.1, -0.05) is 17.7 Å². The second-order valence-electron chi connectivity index (χ2n) is 6.53. The van der Waals surface area contributed by atoms with E-state index in [0.29, 0.717) is 10.6 Å². The number of nitrogens with zero attached hydrogens (tertiary/aromatic N) is 1. The molecule has 1 heterocycles. The first-order valence-corrected chi connectivity index (χ1v) is 8.85. The molecule has 0 aromatic heterocycles. The number of rotatable bonds is 4. The number of alkyl halides is 1. The number of halogens is 2. The molecule has 3 rings (SSSR count). The number of likely N-dealkylation sites (N-methyl/N-ethyl adjacent to an activating group) is 1. The van der Waals surface area contributed by atoms with Gasteiger partial charge in [0.15, 0.2) is 5.78 Å². The Balaban J connectivity index is 1.72. The summed E-state index contributed by atoms with van der Waals surface area (Å²) >= 11 is 12.5. The van der Waals surface area contributed by atoms with Crippen LogP contribution < -0.4 is 5.32 Å². The topological polar surface area (TPSA) is 32.3 Å². The molecule has 0 saturated carbocycles. The van der Waals surface area contributed by atoms with Crippen molar-refractivity contribution in [2.45, 2.75) is 11.8 Å². The Hall–Kier alpha value is -1.97. The third-order valence-electron chi connectivity index (χ3n) is 4.29. The molecule has 3 nitrogen and oxygen atoms in total.